The molecule has 0 radical (unpaired) electrons. The predicted octanol–water partition coefficient (Wildman–Crippen LogP) is 2.65. The van der Waals surface area contributed by atoms with Crippen LogP contribution >= 0.6 is 0 Å². The van der Waals surface area contributed by atoms with Crippen LogP contribution in [0.25, 0.3) is 33.2 Å². The molecule has 0 N–H and O–H groups in total. The first-order valence-corrected chi connectivity index (χ1v) is 10.7. The molecule has 8 heteroatoms. The SMILES string of the molecule is O=c1c2c3nc4ccccc4nc3n(C[C@@H]3CCCO3)c2ncn1C[C@H]1CCCO1. The fraction of sp³-hybridized carbons (Fsp3) is 0.455. The molecule has 2 saturated heterocycles. The highest BCUT2D eigenvalue weighted by Gasteiger charge is 2.25. The standard InChI is InChI=1S/C22H23N5O3/c28-22-18-19-21(25-17-8-2-1-7-16(17)24-19)27(12-15-6-4-10-30-15)20(18)23-13-26(22)11-14-5-3-9-29-14/h1-2,7-8,13-15H,3-6,9-12H2/t14-,15+/m1/s1. The summed E-state index contributed by atoms with van der Waals surface area (Å²) in [7, 11) is 0. The smallest absolute Gasteiger partial charge is 0.265 e. The second kappa shape index (κ2) is 7.14. The Morgan fingerprint density at radius 1 is 0.933 bits per heavy atom. The molecule has 30 heavy (non-hydrogen) atoms. The van der Waals surface area contributed by atoms with Crippen LogP contribution in [0.2, 0.25) is 0 Å². The number of ether oxygens (including phenoxy) is 2. The fourth-order valence-electron chi connectivity index (χ4n) is 4.64. The zero-order chi connectivity index (χ0) is 20.1. The summed E-state index contributed by atoms with van der Waals surface area (Å²) in [5.41, 5.74) is 3.43. The molecule has 5 heterocycles. The van der Waals surface area contributed by atoms with Gasteiger partial charge in [-0.3, -0.25) is 9.36 Å². The van der Waals surface area contributed by atoms with Gasteiger partial charge in [-0.15, -0.1) is 0 Å². The molecule has 0 bridgehead atoms. The van der Waals surface area contributed by atoms with Crippen molar-refractivity contribution in [2.45, 2.75) is 51.0 Å². The van der Waals surface area contributed by atoms with Gasteiger partial charge >= 0.3 is 0 Å². The van der Waals surface area contributed by atoms with Crippen LogP contribution in [0, 0.1) is 0 Å². The lowest BCUT2D eigenvalue weighted by atomic mass is 10.2. The van der Waals surface area contributed by atoms with Crippen LogP contribution in [0.4, 0.5) is 0 Å². The molecule has 0 amide bonds. The van der Waals surface area contributed by atoms with E-state index in [4.69, 9.17) is 19.4 Å². The maximum Gasteiger partial charge on any atom is 0.265 e. The van der Waals surface area contributed by atoms with E-state index in [2.05, 4.69) is 4.98 Å². The quantitative estimate of drug-likeness (QED) is 0.519. The minimum atomic E-state index is -0.0869. The van der Waals surface area contributed by atoms with Gasteiger partial charge in [0.25, 0.3) is 5.56 Å². The Hall–Kier alpha value is -2.84. The van der Waals surface area contributed by atoms with Crippen molar-refractivity contribution in [3.05, 3.63) is 40.9 Å². The van der Waals surface area contributed by atoms with E-state index in [0.29, 0.717) is 35.3 Å². The van der Waals surface area contributed by atoms with Crippen LogP contribution in [0.15, 0.2) is 35.4 Å². The molecule has 8 nitrogen and oxygen atoms in total. The summed E-state index contributed by atoms with van der Waals surface area (Å²) in [5.74, 6) is 0. The summed E-state index contributed by atoms with van der Waals surface area (Å²) in [6.45, 7) is 2.67. The Kier molecular flexibility index (Phi) is 4.28. The van der Waals surface area contributed by atoms with E-state index >= 15 is 0 Å². The van der Waals surface area contributed by atoms with Gasteiger partial charge in [-0.05, 0) is 37.8 Å². The molecule has 2 fully saturated rings. The Balaban J connectivity index is 1.58. The zero-order valence-electron chi connectivity index (χ0n) is 16.7. The lowest BCUT2D eigenvalue weighted by molar-refractivity contribution is 0.0959. The lowest BCUT2D eigenvalue weighted by Gasteiger charge is -2.13. The van der Waals surface area contributed by atoms with Gasteiger partial charge in [-0.1, -0.05) is 12.1 Å². The van der Waals surface area contributed by atoms with Crippen molar-refractivity contribution < 1.29 is 9.47 Å². The maximum atomic E-state index is 13.5. The summed E-state index contributed by atoms with van der Waals surface area (Å²) in [5, 5.41) is 0.529. The predicted molar refractivity (Wildman–Crippen MR) is 113 cm³/mol. The van der Waals surface area contributed by atoms with Gasteiger partial charge in [0.15, 0.2) is 11.3 Å². The fourth-order valence-corrected chi connectivity index (χ4v) is 4.64. The third kappa shape index (κ3) is 2.90. The highest BCUT2D eigenvalue weighted by atomic mass is 16.5. The van der Waals surface area contributed by atoms with E-state index in [9.17, 15) is 4.79 Å². The first-order chi connectivity index (χ1) is 14.8. The first kappa shape index (κ1) is 18.0. The highest BCUT2D eigenvalue weighted by molar-refractivity contribution is 6.04. The Morgan fingerprint density at radius 2 is 1.63 bits per heavy atom. The number of nitrogens with zero attached hydrogens (tertiary/aromatic N) is 5. The van der Waals surface area contributed by atoms with E-state index in [1.807, 2.05) is 28.8 Å². The van der Waals surface area contributed by atoms with Crippen molar-refractivity contribution in [1.82, 2.24) is 24.1 Å². The number of fused-ring (bicyclic) bond motifs is 4. The molecule has 1 aromatic carbocycles. The van der Waals surface area contributed by atoms with Gasteiger partial charge in [-0.2, -0.15) is 0 Å². The molecule has 0 spiro atoms. The summed E-state index contributed by atoms with van der Waals surface area (Å²) in [6, 6.07) is 7.75. The molecule has 0 aliphatic carbocycles. The minimum Gasteiger partial charge on any atom is -0.376 e. The van der Waals surface area contributed by atoms with Crippen LogP contribution in [-0.4, -0.2) is 49.5 Å². The number of hydrogen-bond acceptors (Lipinski definition) is 6. The normalized spacial score (nSPS) is 22.0. The van der Waals surface area contributed by atoms with Crippen LogP contribution in [0.1, 0.15) is 25.7 Å². The van der Waals surface area contributed by atoms with Crippen LogP contribution in [0.3, 0.4) is 0 Å². The second-order valence-corrected chi connectivity index (χ2v) is 8.17. The third-order valence-corrected chi connectivity index (χ3v) is 6.15. The minimum absolute atomic E-state index is 0.0640. The zero-order valence-corrected chi connectivity index (χ0v) is 16.7. The summed E-state index contributed by atoms with van der Waals surface area (Å²) < 4.78 is 15.3. The van der Waals surface area contributed by atoms with Gasteiger partial charge < -0.3 is 14.0 Å². The van der Waals surface area contributed by atoms with Gasteiger partial charge in [0.2, 0.25) is 0 Å². The summed E-state index contributed by atoms with van der Waals surface area (Å²) >= 11 is 0. The van der Waals surface area contributed by atoms with Gasteiger partial charge in [0, 0.05) is 13.2 Å². The van der Waals surface area contributed by atoms with Crippen LogP contribution < -0.4 is 5.56 Å². The molecule has 2 aliphatic rings. The van der Waals surface area contributed by atoms with Crippen molar-refractivity contribution in [2.24, 2.45) is 0 Å². The van der Waals surface area contributed by atoms with Crippen molar-refractivity contribution in [3.63, 3.8) is 0 Å². The average molecular weight is 405 g/mol. The number of para-hydroxylation sites is 2. The number of benzene rings is 1. The summed E-state index contributed by atoms with van der Waals surface area (Å²) in [4.78, 5) is 27.8. The number of hydrogen-bond donors (Lipinski definition) is 0. The maximum absolute atomic E-state index is 13.5. The molecule has 0 unspecified atom stereocenters. The topological polar surface area (TPSA) is 84.1 Å². The van der Waals surface area contributed by atoms with Gasteiger partial charge in [-0.25, -0.2) is 15.0 Å². The summed E-state index contributed by atoms with van der Waals surface area (Å²) in [6.07, 6.45) is 5.86. The number of rotatable bonds is 4. The van der Waals surface area contributed by atoms with Crippen molar-refractivity contribution in [2.75, 3.05) is 13.2 Å². The molecule has 0 saturated carbocycles. The van der Waals surface area contributed by atoms with Crippen molar-refractivity contribution in [1.29, 1.82) is 0 Å². The first-order valence-electron chi connectivity index (χ1n) is 10.7. The molecule has 2 atom stereocenters. The molecule has 154 valence electrons. The molecular weight excluding hydrogens is 382 g/mol. The highest BCUT2D eigenvalue weighted by Crippen LogP contribution is 2.27. The monoisotopic (exact) mass is 405 g/mol. The Morgan fingerprint density at radius 3 is 2.33 bits per heavy atom. The van der Waals surface area contributed by atoms with Crippen LogP contribution in [-0.2, 0) is 22.6 Å². The van der Waals surface area contributed by atoms with Crippen molar-refractivity contribution >= 4 is 33.2 Å². The molecule has 6 rings (SSSR count). The Bertz CT molecular complexity index is 1300. The van der Waals surface area contributed by atoms with E-state index < -0.39 is 0 Å². The van der Waals surface area contributed by atoms with Gasteiger partial charge in [0.05, 0.1) is 42.7 Å². The van der Waals surface area contributed by atoms with E-state index in [-0.39, 0.29) is 17.8 Å². The molecule has 3 aromatic heterocycles. The second-order valence-electron chi connectivity index (χ2n) is 8.17. The Labute approximate surface area is 172 Å². The number of aromatic nitrogens is 5. The average Bonchev–Trinajstić information content (AvgIpc) is 3.51. The third-order valence-electron chi connectivity index (χ3n) is 6.15. The van der Waals surface area contributed by atoms with E-state index in [1.165, 1.54) is 0 Å². The van der Waals surface area contributed by atoms with Gasteiger partial charge in [0.1, 0.15) is 10.9 Å². The van der Waals surface area contributed by atoms with E-state index in [0.717, 1.165) is 49.9 Å². The largest absolute Gasteiger partial charge is 0.376 e. The van der Waals surface area contributed by atoms with E-state index in [1.54, 1.807) is 10.9 Å². The lowest BCUT2D eigenvalue weighted by Crippen LogP contribution is -2.27. The molecule has 4 aromatic rings. The van der Waals surface area contributed by atoms with Crippen molar-refractivity contribution in [3.8, 4) is 0 Å². The molecule has 2 aliphatic heterocycles. The van der Waals surface area contributed by atoms with Crippen LogP contribution in [0.5, 0.6) is 0 Å². The molecular formula is C22H23N5O3.